The molecule has 0 amide bonds. The summed E-state index contributed by atoms with van der Waals surface area (Å²) < 4.78 is 18.0. The average molecular weight is 205 g/mol. The first kappa shape index (κ1) is 11.2. The average Bonchev–Trinajstić information content (AvgIpc) is 2.23. The number of benzene rings is 2. The number of para-hydroxylation sites is 1. The van der Waals surface area contributed by atoms with Gasteiger partial charge in [-0.25, -0.2) is 4.39 Å². The summed E-state index contributed by atoms with van der Waals surface area (Å²) in [7, 11) is 0. The Morgan fingerprint density at radius 3 is 1.87 bits per heavy atom. The lowest BCUT2D eigenvalue weighted by Gasteiger charge is -2.04. The van der Waals surface area contributed by atoms with Gasteiger partial charge in [0.2, 0.25) is 0 Å². The second kappa shape index (κ2) is 5.12. The standard InChI is InChI=1S/C12H9FO.H3N/c13-10-6-8-12(9-7-10)14-11-4-2-1-3-5-11;/h1-9H;1H3. The summed E-state index contributed by atoms with van der Waals surface area (Å²) in [6.45, 7) is 0. The van der Waals surface area contributed by atoms with Crippen molar-refractivity contribution in [2.45, 2.75) is 0 Å². The molecule has 0 aliphatic rings. The maximum absolute atomic E-state index is 12.6. The van der Waals surface area contributed by atoms with Gasteiger partial charge in [-0.2, -0.15) is 0 Å². The molecular formula is C12H12FNO. The summed E-state index contributed by atoms with van der Waals surface area (Å²) in [4.78, 5) is 0. The van der Waals surface area contributed by atoms with Crippen LogP contribution in [0.1, 0.15) is 0 Å². The van der Waals surface area contributed by atoms with Crippen molar-refractivity contribution < 1.29 is 9.13 Å². The lowest BCUT2D eigenvalue weighted by Crippen LogP contribution is -1.83. The summed E-state index contributed by atoms with van der Waals surface area (Å²) in [5.74, 6) is 1.13. The minimum absolute atomic E-state index is 0. The van der Waals surface area contributed by atoms with E-state index in [4.69, 9.17) is 4.74 Å². The van der Waals surface area contributed by atoms with E-state index >= 15 is 0 Å². The van der Waals surface area contributed by atoms with E-state index < -0.39 is 0 Å². The van der Waals surface area contributed by atoms with E-state index in [2.05, 4.69) is 0 Å². The van der Waals surface area contributed by atoms with Gasteiger partial charge < -0.3 is 10.9 Å². The van der Waals surface area contributed by atoms with Gasteiger partial charge in [0.05, 0.1) is 0 Å². The molecule has 3 heteroatoms. The van der Waals surface area contributed by atoms with Crippen LogP contribution in [-0.2, 0) is 0 Å². The van der Waals surface area contributed by atoms with Crippen LogP contribution in [0, 0.1) is 5.82 Å². The number of rotatable bonds is 2. The number of hydrogen-bond acceptors (Lipinski definition) is 2. The molecule has 2 aromatic rings. The van der Waals surface area contributed by atoms with E-state index in [0.29, 0.717) is 5.75 Å². The van der Waals surface area contributed by atoms with Crippen molar-refractivity contribution in [1.82, 2.24) is 6.15 Å². The zero-order valence-corrected chi connectivity index (χ0v) is 8.19. The molecule has 0 atom stereocenters. The highest BCUT2D eigenvalue weighted by atomic mass is 19.1. The third-order valence-electron chi connectivity index (χ3n) is 1.79. The highest BCUT2D eigenvalue weighted by Crippen LogP contribution is 2.20. The van der Waals surface area contributed by atoms with Crippen molar-refractivity contribution in [3.8, 4) is 11.5 Å². The Kier molecular flexibility index (Phi) is 3.83. The predicted octanol–water partition coefficient (Wildman–Crippen LogP) is 3.78. The van der Waals surface area contributed by atoms with Crippen LogP contribution in [0.25, 0.3) is 0 Å². The maximum Gasteiger partial charge on any atom is 0.127 e. The minimum Gasteiger partial charge on any atom is -0.457 e. The van der Waals surface area contributed by atoms with Gasteiger partial charge in [-0.05, 0) is 36.4 Å². The van der Waals surface area contributed by atoms with Gasteiger partial charge in [0.15, 0.2) is 0 Å². The molecule has 0 fully saturated rings. The Labute approximate surface area is 87.9 Å². The summed E-state index contributed by atoms with van der Waals surface area (Å²) >= 11 is 0. The van der Waals surface area contributed by atoms with Crippen LogP contribution in [0.2, 0.25) is 0 Å². The van der Waals surface area contributed by atoms with Gasteiger partial charge in [-0.15, -0.1) is 0 Å². The molecule has 15 heavy (non-hydrogen) atoms. The van der Waals surface area contributed by atoms with Crippen molar-refractivity contribution in [3.05, 3.63) is 60.4 Å². The van der Waals surface area contributed by atoms with Crippen LogP contribution in [0.15, 0.2) is 54.6 Å². The highest BCUT2D eigenvalue weighted by molar-refractivity contribution is 5.30. The first-order valence-electron chi connectivity index (χ1n) is 4.33. The first-order valence-corrected chi connectivity index (χ1v) is 4.33. The van der Waals surface area contributed by atoms with E-state index in [1.54, 1.807) is 12.1 Å². The molecule has 0 saturated heterocycles. The summed E-state index contributed by atoms with van der Waals surface area (Å²) in [6.07, 6.45) is 0. The molecular weight excluding hydrogens is 193 g/mol. The monoisotopic (exact) mass is 205 g/mol. The zero-order chi connectivity index (χ0) is 9.80. The van der Waals surface area contributed by atoms with E-state index in [1.165, 1.54) is 12.1 Å². The highest BCUT2D eigenvalue weighted by Gasteiger charge is 1.95. The molecule has 0 aliphatic heterocycles. The lowest BCUT2D eigenvalue weighted by molar-refractivity contribution is 0.480. The Balaban J connectivity index is 0.00000112. The van der Waals surface area contributed by atoms with E-state index in [-0.39, 0.29) is 12.0 Å². The molecule has 3 N–H and O–H groups in total. The third kappa shape index (κ3) is 3.07. The normalized spacial score (nSPS) is 9.13. The van der Waals surface area contributed by atoms with Crippen molar-refractivity contribution >= 4 is 0 Å². The summed E-state index contributed by atoms with van der Waals surface area (Å²) in [6, 6.07) is 15.3. The summed E-state index contributed by atoms with van der Waals surface area (Å²) in [5, 5.41) is 0. The van der Waals surface area contributed by atoms with E-state index in [1.807, 2.05) is 30.3 Å². The zero-order valence-electron chi connectivity index (χ0n) is 8.19. The number of hydrogen-bond donors (Lipinski definition) is 1. The Morgan fingerprint density at radius 2 is 1.27 bits per heavy atom. The minimum atomic E-state index is -0.259. The molecule has 0 aromatic heterocycles. The maximum atomic E-state index is 12.6. The van der Waals surface area contributed by atoms with Crippen LogP contribution >= 0.6 is 0 Å². The fourth-order valence-electron chi connectivity index (χ4n) is 1.13. The van der Waals surface area contributed by atoms with Crippen molar-refractivity contribution in [2.75, 3.05) is 0 Å². The molecule has 2 rings (SSSR count). The molecule has 78 valence electrons. The second-order valence-corrected chi connectivity index (χ2v) is 2.87. The molecule has 0 aliphatic carbocycles. The predicted molar refractivity (Wildman–Crippen MR) is 57.9 cm³/mol. The smallest absolute Gasteiger partial charge is 0.127 e. The van der Waals surface area contributed by atoms with Gasteiger partial charge in [-0.1, -0.05) is 18.2 Å². The van der Waals surface area contributed by atoms with Crippen LogP contribution in [0.3, 0.4) is 0 Å². The van der Waals surface area contributed by atoms with Gasteiger partial charge in [0, 0.05) is 0 Å². The van der Waals surface area contributed by atoms with Gasteiger partial charge >= 0.3 is 0 Å². The SMILES string of the molecule is Fc1ccc(Oc2ccccc2)cc1.N. The lowest BCUT2D eigenvalue weighted by atomic mass is 10.3. The molecule has 2 nitrogen and oxygen atoms in total. The van der Waals surface area contributed by atoms with Crippen LogP contribution in [0.4, 0.5) is 4.39 Å². The van der Waals surface area contributed by atoms with Crippen LogP contribution in [-0.4, -0.2) is 0 Å². The molecule has 0 unspecified atom stereocenters. The first-order chi connectivity index (χ1) is 6.84. The molecule has 0 radical (unpaired) electrons. The van der Waals surface area contributed by atoms with Crippen molar-refractivity contribution in [3.63, 3.8) is 0 Å². The topological polar surface area (TPSA) is 44.2 Å². The van der Waals surface area contributed by atoms with E-state index in [0.717, 1.165) is 5.75 Å². The Bertz CT molecular complexity index is 400. The quantitative estimate of drug-likeness (QED) is 0.810. The fraction of sp³-hybridized carbons (Fsp3) is 0. The second-order valence-electron chi connectivity index (χ2n) is 2.87. The fourth-order valence-corrected chi connectivity index (χ4v) is 1.13. The Morgan fingerprint density at radius 1 is 0.733 bits per heavy atom. The van der Waals surface area contributed by atoms with Gasteiger partial charge in [0.1, 0.15) is 17.3 Å². The Hall–Kier alpha value is -1.87. The largest absolute Gasteiger partial charge is 0.457 e. The van der Waals surface area contributed by atoms with Crippen LogP contribution < -0.4 is 10.9 Å². The molecule has 0 bridgehead atoms. The summed E-state index contributed by atoms with van der Waals surface area (Å²) in [5.41, 5.74) is 0. The molecule has 2 aromatic carbocycles. The molecule has 0 saturated carbocycles. The molecule has 0 heterocycles. The van der Waals surface area contributed by atoms with Gasteiger partial charge in [0.25, 0.3) is 0 Å². The number of ether oxygens (including phenoxy) is 1. The van der Waals surface area contributed by atoms with Crippen molar-refractivity contribution in [1.29, 1.82) is 0 Å². The van der Waals surface area contributed by atoms with Crippen molar-refractivity contribution in [2.24, 2.45) is 0 Å². The van der Waals surface area contributed by atoms with Crippen LogP contribution in [0.5, 0.6) is 11.5 Å². The third-order valence-corrected chi connectivity index (χ3v) is 1.79. The molecule has 0 spiro atoms. The number of halogens is 1. The van der Waals surface area contributed by atoms with E-state index in [9.17, 15) is 4.39 Å². The van der Waals surface area contributed by atoms with Gasteiger partial charge in [-0.3, -0.25) is 0 Å².